The van der Waals surface area contributed by atoms with Crippen LogP contribution in [0.15, 0.2) is 0 Å². The lowest BCUT2D eigenvalue weighted by Crippen LogP contribution is -2.51. The summed E-state index contributed by atoms with van der Waals surface area (Å²) in [7, 11) is 0. The van der Waals surface area contributed by atoms with Gasteiger partial charge in [-0.15, -0.1) is 0 Å². The summed E-state index contributed by atoms with van der Waals surface area (Å²) in [6, 6.07) is 0. The predicted octanol–water partition coefficient (Wildman–Crippen LogP) is 5.30. The molecule has 0 heterocycles. The van der Waals surface area contributed by atoms with Crippen molar-refractivity contribution in [3.8, 4) is 0 Å². The molecular weight excluding hydrogens is 292 g/mol. The lowest BCUT2D eigenvalue weighted by Gasteiger charge is -2.38. The van der Waals surface area contributed by atoms with Crippen LogP contribution in [0.5, 0.6) is 0 Å². The molecule has 1 unspecified atom stereocenters. The fourth-order valence-corrected chi connectivity index (χ4v) is 2.74. The highest BCUT2D eigenvalue weighted by Gasteiger charge is 2.42. The number of rotatable bonds is 17. The van der Waals surface area contributed by atoms with Crippen molar-refractivity contribution < 1.29 is 18.9 Å². The van der Waals surface area contributed by atoms with Gasteiger partial charge in [0.1, 0.15) is 6.10 Å². The molecule has 0 amide bonds. The summed E-state index contributed by atoms with van der Waals surface area (Å²) in [4.78, 5) is 0. The zero-order valence-electron chi connectivity index (χ0n) is 16.2. The molecule has 0 fully saturated rings. The number of ether oxygens (including phenoxy) is 4. The second kappa shape index (κ2) is 15.4. The Balaban J connectivity index is 4.68. The molecule has 0 rings (SSSR count). The molecule has 1 atom stereocenters. The van der Waals surface area contributed by atoms with Crippen molar-refractivity contribution in [2.24, 2.45) is 0 Å². The zero-order chi connectivity index (χ0) is 17.4. The zero-order valence-corrected chi connectivity index (χ0v) is 16.2. The van der Waals surface area contributed by atoms with Crippen LogP contribution >= 0.6 is 0 Å². The fourth-order valence-electron chi connectivity index (χ4n) is 2.74. The van der Waals surface area contributed by atoms with Gasteiger partial charge in [0.2, 0.25) is 0 Å². The minimum atomic E-state index is -1.06. The van der Waals surface area contributed by atoms with E-state index in [9.17, 15) is 0 Å². The highest BCUT2D eigenvalue weighted by molar-refractivity contribution is 4.73. The average Bonchev–Trinajstić information content (AvgIpc) is 2.54. The van der Waals surface area contributed by atoms with E-state index < -0.39 is 5.97 Å². The summed E-state index contributed by atoms with van der Waals surface area (Å²) in [5.41, 5.74) is 0. The molecule has 0 aliphatic carbocycles. The maximum Gasteiger partial charge on any atom is 0.310 e. The third-order valence-corrected chi connectivity index (χ3v) is 3.77. The van der Waals surface area contributed by atoms with Crippen LogP contribution in [0.25, 0.3) is 0 Å². The molecule has 0 spiro atoms. The van der Waals surface area contributed by atoms with Crippen LogP contribution in [0.3, 0.4) is 0 Å². The molecule has 0 aliphatic rings. The Bertz CT molecular complexity index is 229. The molecule has 23 heavy (non-hydrogen) atoms. The Morgan fingerprint density at radius 1 is 0.652 bits per heavy atom. The van der Waals surface area contributed by atoms with Gasteiger partial charge in [-0.2, -0.15) is 0 Å². The molecule has 140 valence electrons. The summed E-state index contributed by atoms with van der Waals surface area (Å²) >= 11 is 0. The maximum atomic E-state index is 6.07. The van der Waals surface area contributed by atoms with Crippen LogP contribution in [0.2, 0.25) is 0 Å². The van der Waals surface area contributed by atoms with Crippen LogP contribution in [0.1, 0.15) is 86.0 Å². The van der Waals surface area contributed by atoms with Crippen molar-refractivity contribution in [2.75, 3.05) is 26.4 Å². The quantitative estimate of drug-likeness (QED) is 0.268. The van der Waals surface area contributed by atoms with Crippen LogP contribution in [0.4, 0.5) is 0 Å². The van der Waals surface area contributed by atoms with Gasteiger partial charge in [-0.05, 0) is 33.6 Å². The Hall–Kier alpha value is -0.160. The standard InChI is InChI=1S/C19H40O4/c1-6-11-12-13-14-15-16-18(20-17-7-2)19(21-8-3,22-9-4)23-10-5/h18H,6-17H2,1-5H3. The molecule has 0 N–H and O–H groups in total. The van der Waals surface area contributed by atoms with Crippen molar-refractivity contribution in [1.82, 2.24) is 0 Å². The molecule has 0 aliphatic heterocycles. The molecule has 4 nitrogen and oxygen atoms in total. The van der Waals surface area contributed by atoms with Gasteiger partial charge < -0.3 is 18.9 Å². The van der Waals surface area contributed by atoms with Gasteiger partial charge in [-0.3, -0.25) is 0 Å². The van der Waals surface area contributed by atoms with Gasteiger partial charge >= 0.3 is 5.97 Å². The summed E-state index contributed by atoms with van der Waals surface area (Å²) in [6.45, 7) is 12.6. The SMILES string of the molecule is CCCCCCCCC(OCCC)C(OCC)(OCC)OCC. The topological polar surface area (TPSA) is 36.9 Å². The first-order valence-corrected chi connectivity index (χ1v) is 9.74. The van der Waals surface area contributed by atoms with Gasteiger partial charge in [-0.25, -0.2) is 0 Å². The Labute approximate surface area is 144 Å². The lowest BCUT2D eigenvalue weighted by atomic mass is 10.1. The first-order valence-electron chi connectivity index (χ1n) is 9.74. The van der Waals surface area contributed by atoms with Gasteiger partial charge in [-0.1, -0.05) is 52.4 Å². The molecule has 4 heteroatoms. The average molecular weight is 333 g/mol. The first kappa shape index (κ1) is 22.8. The minimum absolute atomic E-state index is 0.173. The Morgan fingerprint density at radius 3 is 1.65 bits per heavy atom. The first-order chi connectivity index (χ1) is 11.2. The second-order valence-electron chi connectivity index (χ2n) is 5.82. The Kier molecular flexibility index (Phi) is 15.3. The third-order valence-electron chi connectivity index (χ3n) is 3.77. The highest BCUT2D eigenvalue weighted by atomic mass is 16.9. The van der Waals surface area contributed by atoms with Crippen LogP contribution in [-0.4, -0.2) is 38.5 Å². The molecular formula is C19H40O4. The fraction of sp³-hybridized carbons (Fsp3) is 1.00. The molecule has 0 bridgehead atoms. The van der Waals surface area contributed by atoms with E-state index in [0.29, 0.717) is 26.4 Å². The van der Waals surface area contributed by atoms with E-state index in [1.165, 1.54) is 32.1 Å². The highest BCUT2D eigenvalue weighted by Crippen LogP contribution is 2.27. The molecule has 0 aromatic rings. The van der Waals surface area contributed by atoms with Crippen molar-refractivity contribution in [2.45, 2.75) is 98.1 Å². The lowest BCUT2D eigenvalue weighted by molar-refractivity contribution is -0.415. The van der Waals surface area contributed by atoms with E-state index in [0.717, 1.165) is 19.3 Å². The van der Waals surface area contributed by atoms with E-state index >= 15 is 0 Å². The van der Waals surface area contributed by atoms with Gasteiger partial charge in [0.15, 0.2) is 0 Å². The van der Waals surface area contributed by atoms with Crippen LogP contribution in [0, 0.1) is 0 Å². The number of hydrogen-bond donors (Lipinski definition) is 0. The van der Waals surface area contributed by atoms with E-state index in [1.54, 1.807) is 0 Å². The second-order valence-corrected chi connectivity index (χ2v) is 5.82. The maximum absolute atomic E-state index is 6.07. The van der Waals surface area contributed by atoms with E-state index in [-0.39, 0.29) is 6.10 Å². The molecule has 0 saturated carbocycles. The van der Waals surface area contributed by atoms with Gasteiger partial charge in [0.25, 0.3) is 0 Å². The summed E-state index contributed by atoms with van der Waals surface area (Å²) < 4.78 is 23.8. The van der Waals surface area contributed by atoms with Crippen molar-refractivity contribution in [3.05, 3.63) is 0 Å². The van der Waals surface area contributed by atoms with Crippen molar-refractivity contribution in [1.29, 1.82) is 0 Å². The summed E-state index contributed by atoms with van der Waals surface area (Å²) in [5, 5.41) is 0. The van der Waals surface area contributed by atoms with Crippen molar-refractivity contribution >= 4 is 0 Å². The van der Waals surface area contributed by atoms with Crippen molar-refractivity contribution in [3.63, 3.8) is 0 Å². The van der Waals surface area contributed by atoms with E-state index in [1.807, 2.05) is 20.8 Å². The summed E-state index contributed by atoms with van der Waals surface area (Å²) in [5.74, 6) is -1.06. The molecule has 0 aromatic carbocycles. The van der Waals surface area contributed by atoms with E-state index in [4.69, 9.17) is 18.9 Å². The smallest absolute Gasteiger partial charge is 0.310 e. The largest absolute Gasteiger partial charge is 0.370 e. The van der Waals surface area contributed by atoms with Crippen LogP contribution < -0.4 is 0 Å². The normalized spacial score (nSPS) is 13.4. The molecule has 0 radical (unpaired) electrons. The summed E-state index contributed by atoms with van der Waals surface area (Å²) in [6.07, 6.45) is 9.29. The third kappa shape index (κ3) is 9.65. The number of unbranched alkanes of at least 4 members (excludes halogenated alkanes) is 5. The van der Waals surface area contributed by atoms with Crippen LogP contribution in [-0.2, 0) is 18.9 Å². The minimum Gasteiger partial charge on any atom is -0.370 e. The van der Waals surface area contributed by atoms with Gasteiger partial charge in [0, 0.05) is 26.4 Å². The Morgan fingerprint density at radius 2 is 1.17 bits per heavy atom. The molecule has 0 aromatic heterocycles. The van der Waals surface area contributed by atoms with E-state index in [2.05, 4.69) is 13.8 Å². The number of hydrogen-bond acceptors (Lipinski definition) is 4. The molecule has 0 saturated heterocycles. The monoisotopic (exact) mass is 332 g/mol. The van der Waals surface area contributed by atoms with Gasteiger partial charge in [0.05, 0.1) is 0 Å². The predicted molar refractivity (Wildman–Crippen MR) is 95.6 cm³/mol.